The zero-order valence-corrected chi connectivity index (χ0v) is 14.1. The standard InChI is InChI=1S/C15H24N2O3S/c1-6-13(14(18)16-15(2,3)4)17(21(5,19)20)12-10-8-7-9-11-12/h7-11,13H,6H2,1-5H3,(H,16,18). The van der Waals surface area contributed by atoms with E-state index in [4.69, 9.17) is 0 Å². The van der Waals surface area contributed by atoms with E-state index in [0.29, 0.717) is 12.1 Å². The summed E-state index contributed by atoms with van der Waals surface area (Å²) in [7, 11) is -3.56. The second kappa shape index (κ2) is 6.47. The fourth-order valence-corrected chi connectivity index (χ4v) is 3.30. The molecule has 1 aromatic carbocycles. The highest BCUT2D eigenvalue weighted by Gasteiger charge is 2.32. The third-order valence-electron chi connectivity index (χ3n) is 2.84. The lowest BCUT2D eigenvalue weighted by Gasteiger charge is -2.32. The summed E-state index contributed by atoms with van der Waals surface area (Å²) in [6.07, 6.45) is 1.51. The van der Waals surface area contributed by atoms with Crippen molar-refractivity contribution in [3.8, 4) is 0 Å². The molecule has 0 fully saturated rings. The van der Waals surface area contributed by atoms with Crippen molar-refractivity contribution in [2.75, 3.05) is 10.6 Å². The number of carbonyl (C=O) groups is 1. The maximum atomic E-state index is 12.4. The van der Waals surface area contributed by atoms with Crippen molar-refractivity contribution in [1.82, 2.24) is 5.32 Å². The normalized spacial score (nSPS) is 13.6. The zero-order chi connectivity index (χ0) is 16.3. The van der Waals surface area contributed by atoms with Gasteiger partial charge in [-0.1, -0.05) is 25.1 Å². The summed E-state index contributed by atoms with van der Waals surface area (Å²) in [6, 6.07) is 7.92. The Bertz CT molecular complexity index is 577. The molecule has 0 spiro atoms. The zero-order valence-electron chi connectivity index (χ0n) is 13.3. The molecule has 0 bridgehead atoms. The van der Waals surface area contributed by atoms with Crippen LogP contribution in [0.25, 0.3) is 0 Å². The number of hydrogen-bond donors (Lipinski definition) is 1. The topological polar surface area (TPSA) is 66.5 Å². The first-order valence-electron chi connectivity index (χ1n) is 6.92. The molecule has 0 saturated carbocycles. The van der Waals surface area contributed by atoms with E-state index >= 15 is 0 Å². The first-order chi connectivity index (χ1) is 9.56. The summed E-state index contributed by atoms with van der Waals surface area (Å²) in [5.74, 6) is -0.292. The average molecular weight is 312 g/mol. The van der Waals surface area contributed by atoms with Crippen LogP contribution in [-0.4, -0.2) is 32.2 Å². The van der Waals surface area contributed by atoms with Crippen LogP contribution in [0.1, 0.15) is 34.1 Å². The molecule has 1 atom stereocenters. The number of benzene rings is 1. The largest absolute Gasteiger partial charge is 0.350 e. The highest BCUT2D eigenvalue weighted by atomic mass is 32.2. The summed E-state index contributed by atoms with van der Waals surface area (Å²) in [5, 5.41) is 2.85. The molecule has 0 radical (unpaired) electrons. The summed E-state index contributed by atoms with van der Waals surface area (Å²) in [4.78, 5) is 12.4. The fourth-order valence-electron chi connectivity index (χ4n) is 2.09. The van der Waals surface area contributed by atoms with Crippen LogP contribution < -0.4 is 9.62 Å². The van der Waals surface area contributed by atoms with Gasteiger partial charge in [0, 0.05) is 5.54 Å². The quantitative estimate of drug-likeness (QED) is 0.906. The molecule has 1 rings (SSSR count). The van der Waals surface area contributed by atoms with E-state index in [9.17, 15) is 13.2 Å². The molecule has 6 heteroatoms. The molecule has 0 heterocycles. The lowest BCUT2D eigenvalue weighted by Crippen LogP contribution is -2.53. The second-order valence-electron chi connectivity index (χ2n) is 6.06. The summed E-state index contributed by atoms with van der Waals surface area (Å²) in [5.41, 5.74) is 0.0839. The van der Waals surface area contributed by atoms with Crippen LogP contribution in [0.15, 0.2) is 30.3 Å². The lowest BCUT2D eigenvalue weighted by atomic mass is 10.1. The van der Waals surface area contributed by atoms with Crippen LogP contribution in [0, 0.1) is 0 Å². The van der Waals surface area contributed by atoms with Crippen LogP contribution in [0.5, 0.6) is 0 Å². The Hall–Kier alpha value is -1.56. The number of para-hydroxylation sites is 1. The van der Waals surface area contributed by atoms with E-state index in [0.717, 1.165) is 6.26 Å². The fraction of sp³-hybridized carbons (Fsp3) is 0.533. The predicted molar refractivity (Wildman–Crippen MR) is 85.7 cm³/mol. The first-order valence-corrected chi connectivity index (χ1v) is 8.77. The van der Waals surface area contributed by atoms with E-state index in [1.807, 2.05) is 20.8 Å². The van der Waals surface area contributed by atoms with Crippen molar-refractivity contribution < 1.29 is 13.2 Å². The van der Waals surface area contributed by atoms with Crippen LogP contribution >= 0.6 is 0 Å². The molecule has 0 aromatic heterocycles. The molecule has 1 aromatic rings. The Morgan fingerprint density at radius 3 is 2.14 bits per heavy atom. The Labute approximate surface area is 127 Å². The van der Waals surface area contributed by atoms with Crippen LogP contribution in [0.3, 0.4) is 0 Å². The molecule has 0 aliphatic rings. The molecule has 0 aliphatic heterocycles. The molecule has 1 N–H and O–H groups in total. The van der Waals surface area contributed by atoms with Gasteiger partial charge in [-0.2, -0.15) is 0 Å². The second-order valence-corrected chi connectivity index (χ2v) is 7.92. The van der Waals surface area contributed by atoms with Gasteiger partial charge in [-0.05, 0) is 39.3 Å². The van der Waals surface area contributed by atoms with Crippen molar-refractivity contribution in [2.45, 2.75) is 45.7 Å². The van der Waals surface area contributed by atoms with Gasteiger partial charge in [0.15, 0.2) is 0 Å². The third-order valence-corrected chi connectivity index (χ3v) is 4.02. The predicted octanol–water partition coefficient (Wildman–Crippen LogP) is 2.15. The van der Waals surface area contributed by atoms with E-state index in [1.165, 1.54) is 4.31 Å². The van der Waals surface area contributed by atoms with Gasteiger partial charge in [-0.15, -0.1) is 0 Å². The molecule has 21 heavy (non-hydrogen) atoms. The maximum Gasteiger partial charge on any atom is 0.244 e. The third kappa shape index (κ3) is 5.04. The molecule has 0 saturated heterocycles. The minimum absolute atomic E-state index is 0.292. The van der Waals surface area contributed by atoms with Gasteiger partial charge in [0.25, 0.3) is 0 Å². The average Bonchev–Trinajstić information content (AvgIpc) is 2.32. The number of amides is 1. The van der Waals surface area contributed by atoms with Gasteiger partial charge in [0.1, 0.15) is 6.04 Å². The maximum absolute atomic E-state index is 12.4. The molecule has 1 unspecified atom stereocenters. The van der Waals surface area contributed by atoms with Crippen molar-refractivity contribution in [2.24, 2.45) is 0 Å². The van der Waals surface area contributed by atoms with E-state index in [2.05, 4.69) is 5.32 Å². The van der Waals surface area contributed by atoms with Crippen LogP contribution in [-0.2, 0) is 14.8 Å². The van der Waals surface area contributed by atoms with Crippen molar-refractivity contribution in [1.29, 1.82) is 0 Å². The highest BCUT2D eigenvalue weighted by molar-refractivity contribution is 7.92. The number of anilines is 1. The van der Waals surface area contributed by atoms with Crippen LogP contribution in [0.2, 0.25) is 0 Å². The number of rotatable bonds is 5. The summed E-state index contributed by atoms with van der Waals surface area (Å²) < 4.78 is 25.5. The molecule has 0 aliphatic carbocycles. The van der Waals surface area contributed by atoms with Gasteiger partial charge in [-0.3, -0.25) is 9.10 Å². The Morgan fingerprint density at radius 2 is 1.76 bits per heavy atom. The number of nitrogens with one attached hydrogen (secondary N) is 1. The van der Waals surface area contributed by atoms with Crippen molar-refractivity contribution in [3.63, 3.8) is 0 Å². The van der Waals surface area contributed by atoms with Crippen LogP contribution in [0.4, 0.5) is 5.69 Å². The van der Waals surface area contributed by atoms with Gasteiger partial charge in [0.2, 0.25) is 15.9 Å². The summed E-state index contributed by atoms with van der Waals surface area (Å²) in [6.45, 7) is 7.40. The van der Waals surface area contributed by atoms with Gasteiger partial charge in [0.05, 0.1) is 11.9 Å². The molecule has 118 valence electrons. The van der Waals surface area contributed by atoms with Crippen molar-refractivity contribution >= 4 is 21.6 Å². The number of sulfonamides is 1. The van der Waals surface area contributed by atoms with Gasteiger partial charge >= 0.3 is 0 Å². The Morgan fingerprint density at radius 1 is 1.24 bits per heavy atom. The highest BCUT2D eigenvalue weighted by Crippen LogP contribution is 2.22. The monoisotopic (exact) mass is 312 g/mol. The van der Waals surface area contributed by atoms with Crippen molar-refractivity contribution in [3.05, 3.63) is 30.3 Å². The Balaban J connectivity index is 3.21. The summed E-state index contributed by atoms with van der Waals surface area (Å²) >= 11 is 0. The first kappa shape index (κ1) is 17.5. The number of carbonyl (C=O) groups excluding carboxylic acids is 1. The van der Waals surface area contributed by atoms with Gasteiger partial charge in [-0.25, -0.2) is 8.42 Å². The number of nitrogens with zero attached hydrogens (tertiary/aromatic N) is 1. The van der Waals surface area contributed by atoms with Gasteiger partial charge < -0.3 is 5.32 Å². The molecule has 5 nitrogen and oxygen atoms in total. The molecular formula is C15H24N2O3S. The minimum Gasteiger partial charge on any atom is -0.350 e. The molecule has 1 amide bonds. The lowest BCUT2D eigenvalue weighted by molar-refractivity contribution is -0.123. The van der Waals surface area contributed by atoms with E-state index in [1.54, 1.807) is 37.3 Å². The van der Waals surface area contributed by atoms with E-state index in [-0.39, 0.29) is 5.91 Å². The van der Waals surface area contributed by atoms with E-state index < -0.39 is 21.6 Å². The SMILES string of the molecule is CCC(C(=O)NC(C)(C)C)N(c1ccccc1)S(C)(=O)=O. The number of hydrogen-bond acceptors (Lipinski definition) is 3. The Kier molecular flexibility index (Phi) is 5.39. The minimum atomic E-state index is -3.56. The molecular weight excluding hydrogens is 288 g/mol. The smallest absolute Gasteiger partial charge is 0.244 e.